The molecule has 2 heterocycles. The third kappa shape index (κ3) is 1.62. The molecule has 2 aromatic rings. The van der Waals surface area contributed by atoms with Crippen molar-refractivity contribution in [3.8, 4) is 6.07 Å². The van der Waals surface area contributed by atoms with Gasteiger partial charge in [0.2, 0.25) is 0 Å². The topological polar surface area (TPSA) is 41.1 Å². The van der Waals surface area contributed by atoms with E-state index < -0.39 is 0 Å². The van der Waals surface area contributed by atoms with Crippen LogP contribution in [0.1, 0.15) is 31.5 Å². The zero-order chi connectivity index (χ0) is 11.1. The number of hydrogen-bond donors (Lipinski definition) is 0. The molecule has 0 fully saturated rings. The second-order valence-electron chi connectivity index (χ2n) is 4.47. The molecule has 0 saturated carbocycles. The van der Waals surface area contributed by atoms with E-state index in [1.54, 1.807) is 10.7 Å². The molecule has 15 heavy (non-hydrogen) atoms. The first kappa shape index (κ1) is 10.1. The van der Waals surface area contributed by atoms with Crippen LogP contribution in [-0.2, 0) is 5.41 Å². The quantitative estimate of drug-likeness (QED) is 0.680. The molecule has 0 amide bonds. The van der Waals surface area contributed by atoms with Gasteiger partial charge in [-0.25, -0.2) is 4.52 Å². The predicted molar refractivity (Wildman–Crippen MR) is 61.1 cm³/mol. The second kappa shape index (κ2) is 3.32. The lowest BCUT2D eigenvalue weighted by atomic mass is 9.94. The molecule has 0 N–H and O–H groups in total. The Bertz CT molecular complexity index is 543. The van der Waals surface area contributed by atoms with Crippen molar-refractivity contribution in [2.75, 3.05) is 0 Å². The fourth-order valence-electron chi connectivity index (χ4n) is 1.55. The monoisotopic (exact) mass is 217 g/mol. The predicted octanol–water partition coefficient (Wildman–Crippen LogP) is 3.08. The minimum absolute atomic E-state index is 0.0743. The summed E-state index contributed by atoms with van der Waals surface area (Å²) in [4.78, 5) is 0. The van der Waals surface area contributed by atoms with E-state index in [0.29, 0.717) is 5.43 Å². The highest BCUT2D eigenvalue weighted by atomic mass is 31.0. The average Bonchev–Trinajstić information content (AvgIpc) is 2.55. The normalized spacial score (nSPS) is 12.1. The summed E-state index contributed by atoms with van der Waals surface area (Å²) in [5.41, 5.74) is 1.82. The van der Waals surface area contributed by atoms with Crippen molar-refractivity contribution in [3.05, 3.63) is 29.1 Å². The first-order valence-corrected chi connectivity index (χ1v) is 5.68. The number of rotatable bonds is 0. The zero-order valence-corrected chi connectivity index (χ0v) is 9.92. The molecule has 3 nitrogen and oxygen atoms in total. The zero-order valence-electron chi connectivity index (χ0n) is 9.02. The highest BCUT2D eigenvalue weighted by molar-refractivity contribution is 7.32. The van der Waals surface area contributed by atoms with Gasteiger partial charge in [-0.05, 0) is 25.7 Å². The van der Waals surface area contributed by atoms with E-state index in [0.717, 1.165) is 13.7 Å². The van der Waals surface area contributed by atoms with Crippen LogP contribution in [0, 0.1) is 11.3 Å². The van der Waals surface area contributed by atoms with E-state index in [4.69, 9.17) is 5.26 Å². The maximum absolute atomic E-state index is 9.03. The van der Waals surface area contributed by atoms with Crippen LogP contribution >= 0.6 is 8.19 Å². The van der Waals surface area contributed by atoms with E-state index in [1.165, 1.54) is 5.30 Å². The molecule has 0 aliphatic heterocycles. The summed E-state index contributed by atoms with van der Waals surface area (Å²) in [6, 6.07) is 6.14. The molecule has 0 saturated heterocycles. The van der Waals surface area contributed by atoms with Crippen LogP contribution in [0.3, 0.4) is 0 Å². The van der Waals surface area contributed by atoms with Crippen LogP contribution in [-0.4, -0.2) is 9.61 Å². The van der Waals surface area contributed by atoms with Crippen LogP contribution in [0.25, 0.3) is 5.52 Å². The SMILES string of the molecule is CC(C)(C)c1pc(C#N)n2ncccc12. The molecule has 0 spiro atoms. The molecule has 2 rings (SSSR count). The summed E-state index contributed by atoms with van der Waals surface area (Å²) in [7, 11) is 0.986. The Labute approximate surface area is 90.5 Å². The minimum atomic E-state index is 0.0743. The average molecular weight is 217 g/mol. The molecule has 0 aliphatic rings. The summed E-state index contributed by atoms with van der Waals surface area (Å²) in [6.07, 6.45) is 1.71. The van der Waals surface area contributed by atoms with E-state index in [9.17, 15) is 0 Å². The Kier molecular flexibility index (Phi) is 2.25. The van der Waals surface area contributed by atoms with Crippen molar-refractivity contribution in [3.63, 3.8) is 0 Å². The van der Waals surface area contributed by atoms with Crippen molar-refractivity contribution in [2.24, 2.45) is 0 Å². The van der Waals surface area contributed by atoms with Gasteiger partial charge in [0.25, 0.3) is 0 Å². The third-order valence-electron chi connectivity index (χ3n) is 2.22. The Morgan fingerprint density at radius 1 is 1.47 bits per heavy atom. The highest BCUT2D eigenvalue weighted by Crippen LogP contribution is 2.36. The molecule has 0 aromatic carbocycles. The van der Waals surface area contributed by atoms with E-state index in [-0.39, 0.29) is 5.41 Å². The molecule has 0 atom stereocenters. The van der Waals surface area contributed by atoms with Gasteiger partial charge in [-0.3, -0.25) is 0 Å². The Hall–Kier alpha value is -1.39. The Morgan fingerprint density at radius 2 is 2.20 bits per heavy atom. The van der Waals surface area contributed by atoms with Gasteiger partial charge < -0.3 is 0 Å². The second-order valence-corrected chi connectivity index (χ2v) is 5.56. The molecule has 0 unspecified atom stereocenters. The third-order valence-corrected chi connectivity index (χ3v) is 3.85. The molecular formula is C11H12N3P. The van der Waals surface area contributed by atoms with E-state index >= 15 is 0 Å². The fourth-order valence-corrected chi connectivity index (χ4v) is 2.69. The van der Waals surface area contributed by atoms with Gasteiger partial charge in [-0.2, -0.15) is 10.4 Å². The standard InChI is InChI=1S/C11H12N3P/c1-11(2,3)10-8-5-4-6-13-14(8)9(7-12)15-10/h4-6H,1-3H3. The lowest BCUT2D eigenvalue weighted by Crippen LogP contribution is -2.09. The molecule has 0 radical (unpaired) electrons. The Balaban J connectivity index is 2.84. The molecular weight excluding hydrogens is 205 g/mol. The van der Waals surface area contributed by atoms with Crippen LogP contribution in [0.5, 0.6) is 0 Å². The molecule has 0 aliphatic carbocycles. The van der Waals surface area contributed by atoms with Crippen molar-refractivity contribution < 1.29 is 0 Å². The summed E-state index contributed by atoms with van der Waals surface area (Å²) in [5, 5.41) is 14.5. The van der Waals surface area contributed by atoms with Crippen molar-refractivity contribution in [1.82, 2.24) is 9.61 Å². The van der Waals surface area contributed by atoms with Gasteiger partial charge >= 0.3 is 0 Å². The van der Waals surface area contributed by atoms with E-state index in [2.05, 4.69) is 31.9 Å². The van der Waals surface area contributed by atoms with E-state index in [1.807, 2.05) is 12.1 Å². The van der Waals surface area contributed by atoms with Gasteiger partial charge in [0.15, 0.2) is 5.43 Å². The van der Waals surface area contributed by atoms with Crippen LogP contribution in [0.4, 0.5) is 0 Å². The molecule has 0 bridgehead atoms. The van der Waals surface area contributed by atoms with Crippen molar-refractivity contribution in [2.45, 2.75) is 26.2 Å². The van der Waals surface area contributed by atoms with Crippen LogP contribution in [0.15, 0.2) is 18.3 Å². The Morgan fingerprint density at radius 3 is 2.80 bits per heavy atom. The minimum Gasteiger partial charge on any atom is -0.218 e. The maximum atomic E-state index is 9.03. The van der Waals surface area contributed by atoms with Gasteiger partial charge in [0.05, 0.1) is 5.52 Å². The van der Waals surface area contributed by atoms with Gasteiger partial charge in [0, 0.05) is 11.5 Å². The van der Waals surface area contributed by atoms with Crippen LogP contribution < -0.4 is 0 Å². The molecule has 2 aromatic heterocycles. The smallest absolute Gasteiger partial charge is 0.169 e. The number of fused-ring (bicyclic) bond motifs is 1. The summed E-state index contributed by atoms with van der Waals surface area (Å²) in [5.74, 6) is 0. The lowest BCUT2D eigenvalue weighted by Gasteiger charge is -2.16. The number of nitrogens with zero attached hydrogens (tertiary/aromatic N) is 3. The summed E-state index contributed by atoms with van der Waals surface area (Å²) in [6.45, 7) is 6.48. The maximum Gasteiger partial charge on any atom is 0.169 e. The fraction of sp³-hybridized carbons (Fsp3) is 0.364. The van der Waals surface area contributed by atoms with Crippen LogP contribution in [0.2, 0.25) is 0 Å². The van der Waals surface area contributed by atoms with Gasteiger partial charge in [-0.15, -0.1) is 0 Å². The number of hydrogen-bond acceptors (Lipinski definition) is 2. The molecule has 76 valence electrons. The first-order chi connectivity index (χ1) is 7.04. The van der Waals surface area contributed by atoms with Crippen molar-refractivity contribution >= 4 is 13.7 Å². The summed E-state index contributed by atoms with van der Waals surface area (Å²) < 4.78 is 1.74. The summed E-state index contributed by atoms with van der Waals surface area (Å²) >= 11 is 0. The lowest BCUT2D eigenvalue weighted by molar-refractivity contribution is 0.606. The number of aromatic nitrogens is 2. The largest absolute Gasteiger partial charge is 0.218 e. The van der Waals surface area contributed by atoms with Gasteiger partial charge in [-0.1, -0.05) is 20.8 Å². The number of nitriles is 1. The van der Waals surface area contributed by atoms with Gasteiger partial charge in [0.1, 0.15) is 6.07 Å². The first-order valence-electron chi connectivity index (χ1n) is 4.78. The molecule has 4 heteroatoms. The highest BCUT2D eigenvalue weighted by Gasteiger charge is 2.21. The van der Waals surface area contributed by atoms with Crippen molar-refractivity contribution in [1.29, 1.82) is 5.26 Å².